The quantitative estimate of drug-likeness (QED) is 0.194. The fourth-order valence-electron chi connectivity index (χ4n) is 4.40. The molecule has 0 aliphatic heterocycles. The second kappa shape index (κ2) is 15.3. The highest BCUT2D eigenvalue weighted by Gasteiger charge is 2.13. The number of carbonyl (C=O) groups excluding carboxylic acids is 4. The first-order valence-electron chi connectivity index (χ1n) is 14.8. The van der Waals surface area contributed by atoms with Crippen molar-refractivity contribution in [2.75, 3.05) is 76.6 Å². The highest BCUT2D eigenvalue weighted by molar-refractivity contribution is 6.07. The van der Waals surface area contributed by atoms with Gasteiger partial charge < -0.3 is 30.2 Å². The Morgan fingerprint density at radius 1 is 0.500 bits per heavy atom. The van der Waals surface area contributed by atoms with Gasteiger partial charge in [0.2, 0.25) is 11.8 Å². The van der Waals surface area contributed by atoms with E-state index in [1.807, 2.05) is 0 Å². The van der Waals surface area contributed by atoms with E-state index >= 15 is 0 Å². The summed E-state index contributed by atoms with van der Waals surface area (Å²) in [6.45, 7) is 1.79. The molecule has 0 heterocycles. The third-order valence-electron chi connectivity index (χ3n) is 6.68. The van der Waals surface area contributed by atoms with E-state index in [4.69, 9.17) is 0 Å². The van der Waals surface area contributed by atoms with Crippen molar-refractivity contribution in [3.05, 3.63) is 83.9 Å². The molecule has 234 valence electrons. The summed E-state index contributed by atoms with van der Waals surface area (Å²) < 4.78 is 1.60. The highest BCUT2D eigenvalue weighted by Crippen LogP contribution is 2.19. The number of rotatable bonds is 14. The number of hydrogen-bond donors (Lipinski definition) is 4. The summed E-state index contributed by atoms with van der Waals surface area (Å²) in [6, 6.07) is 20.3. The maximum Gasteiger partial charge on any atom is 0.255 e. The SMILES string of the molecule is C[N+](C)(C)CCCC(=O)Nc1cccc(NC(=O)c2ccc(C(=O)Nc3cccc(NC(=O)CCC[N+](C)(C)C)c3)cc2)c1. The minimum atomic E-state index is -0.340. The van der Waals surface area contributed by atoms with Crippen LogP contribution in [0.2, 0.25) is 0 Å². The third kappa shape index (κ3) is 12.4. The molecule has 0 atom stereocenters. The molecule has 0 saturated heterocycles. The van der Waals surface area contributed by atoms with Gasteiger partial charge in [-0.05, 0) is 60.7 Å². The predicted molar refractivity (Wildman–Crippen MR) is 177 cm³/mol. The molecule has 3 rings (SSSR count). The molecule has 0 bridgehead atoms. The lowest BCUT2D eigenvalue weighted by atomic mass is 10.1. The molecular formula is C34H46N6O4+2. The normalized spacial score (nSPS) is 11.4. The van der Waals surface area contributed by atoms with Crippen molar-refractivity contribution >= 4 is 46.4 Å². The van der Waals surface area contributed by atoms with Gasteiger partial charge in [-0.3, -0.25) is 19.2 Å². The molecule has 44 heavy (non-hydrogen) atoms. The van der Waals surface area contributed by atoms with E-state index in [9.17, 15) is 19.2 Å². The second-order valence-electron chi connectivity index (χ2n) is 13.0. The van der Waals surface area contributed by atoms with E-state index in [1.54, 1.807) is 72.8 Å². The van der Waals surface area contributed by atoms with E-state index < -0.39 is 0 Å². The van der Waals surface area contributed by atoms with E-state index in [1.165, 1.54) is 0 Å². The number of amides is 4. The van der Waals surface area contributed by atoms with Crippen molar-refractivity contribution in [3.63, 3.8) is 0 Å². The molecule has 0 aliphatic carbocycles. The van der Waals surface area contributed by atoms with Crippen LogP contribution in [-0.2, 0) is 9.59 Å². The van der Waals surface area contributed by atoms with Crippen LogP contribution in [0.15, 0.2) is 72.8 Å². The molecule has 10 nitrogen and oxygen atoms in total. The first-order chi connectivity index (χ1) is 20.7. The largest absolute Gasteiger partial charge is 0.331 e. The Morgan fingerprint density at radius 2 is 0.818 bits per heavy atom. The van der Waals surface area contributed by atoms with Crippen LogP contribution in [0, 0.1) is 0 Å². The van der Waals surface area contributed by atoms with E-state index in [2.05, 4.69) is 63.6 Å². The zero-order valence-electron chi connectivity index (χ0n) is 26.7. The zero-order valence-corrected chi connectivity index (χ0v) is 26.7. The third-order valence-corrected chi connectivity index (χ3v) is 6.68. The van der Waals surface area contributed by atoms with Crippen molar-refractivity contribution in [1.82, 2.24) is 0 Å². The molecule has 0 aliphatic rings. The van der Waals surface area contributed by atoms with Gasteiger partial charge in [-0.2, -0.15) is 0 Å². The Balaban J connectivity index is 1.52. The Morgan fingerprint density at radius 3 is 1.14 bits per heavy atom. The molecule has 4 amide bonds. The van der Waals surface area contributed by atoms with E-state index in [0.717, 1.165) is 34.9 Å². The summed E-state index contributed by atoms with van der Waals surface area (Å²) in [7, 11) is 12.5. The molecular weight excluding hydrogens is 556 g/mol. The lowest BCUT2D eigenvalue weighted by molar-refractivity contribution is -0.870. The Kier molecular flexibility index (Phi) is 11.8. The summed E-state index contributed by atoms with van der Waals surface area (Å²) in [5.41, 5.74) is 3.06. The summed E-state index contributed by atoms with van der Waals surface area (Å²) in [5, 5.41) is 11.4. The molecule has 0 fully saturated rings. The van der Waals surface area contributed by atoms with Crippen LogP contribution in [0.25, 0.3) is 0 Å². The number of hydrogen-bond acceptors (Lipinski definition) is 4. The van der Waals surface area contributed by atoms with Gasteiger partial charge in [0, 0.05) is 59.6 Å². The fourth-order valence-corrected chi connectivity index (χ4v) is 4.40. The van der Waals surface area contributed by atoms with Crippen LogP contribution in [0.4, 0.5) is 22.7 Å². The Bertz CT molecular complexity index is 1350. The fraction of sp³-hybridized carbons (Fsp3) is 0.353. The topological polar surface area (TPSA) is 116 Å². The molecule has 10 heteroatoms. The maximum atomic E-state index is 12.9. The van der Waals surface area contributed by atoms with Crippen molar-refractivity contribution in [2.45, 2.75) is 25.7 Å². The molecule has 4 N–H and O–H groups in total. The van der Waals surface area contributed by atoms with Gasteiger partial charge >= 0.3 is 0 Å². The van der Waals surface area contributed by atoms with Gasteiger partial charge in [0.1, 0.15) is 0 Å². The number of carbonyl (C=O) groups is 4. The lowest BCUT2D eigenvalue weighted by Gasteiger charge is -2.23. The van der Waals surface area contributed by atoms with Gasteiger partial charge in [-0.15, -0.1) is 0 Å². The van der Waals surface area contributed by atoms with E-state index in [-0.39, 0.29) is 23.6 Å². The minimum Gasteiger partial charge on any atom is -0.331 e. The van der Waals surface area contributed by atoms with Crippen LogP contribution in [0.5, 0.6) is 0 Å². The van der Waals surface area contributed by atoms with Gasteiger partial charge in [-0.1, -0.05) is 12.1 Å². The number of quaternary nitrogens is 2. The first-order valence-corrected chi connectivity index (χ1v) is 14.8. The number of nitrogens with one attached hydrogen (secondary N) is 4. The summed E-state index contributed by atoms with van der Waals surface area (Å²) in [5.74, 6) is -0.821. The van der Waals surface area contributed by atoms with Crippen LogP contribution in [-0.4, -0.2) is 88.0 Å². The molecule has 0 spiro atoms. The smallest absolute Gasteiger partial charge is 0.255 e. The molecule has 0 aromatic heterocycles. The molecule has 0 saturated carbocycles. The van der Waals surface area contributed by atoms with Crippen molar-refractivity contribution in [1.29, 1.82) is 0 Å². The maximum absolute atomic E-state index is 12.9. The zero-order chi connectivity index (χ0) is 32.3. The summed E-state index contributed by atoms with van der Waals surface area (Å²) >= 11 is 0. The Labute approximate surface area is 260 Å². The molecule has 0 unspecified atom stereocenters. The average Bonchev–Trinajstić information content (AvgIpc) is 2.92. The van der Waals surface area contributed by atoms with Crippen LogP contribution >= 0.6 is 0 Å². The van der Waals surface area contributed by atoms with Gasteiger partial charge in [0.15, 0.2) is 0 Å². The van der Waals surface area contributed by atoms with Gasteiger partial charge in [0.05, 0.1) is 55.4 Å². The van der Waals surface area contributed by atoms with Crippen LogP contribution in [0.1, 0.15) is 46.4 Å². The van der Waals surface area contributed by atoms with Crippen molar-refractivity contribution in [3.8, 4) is 0 Å². The van der Waals surface area contributed by atoms with E-state index in [0.29, 0.717) is 46.7 Å². The standard InChI is InChI=1S/C34H44N6O4/c1-39(2,3)21-9-15-31(41)35-27-11-7-13-29(23-27)37-33(43)25-17-19-26(20-18-25)34(44)38-30-14-8-12-28(24-30)36-32(42)16-10-22-40(4,5)6/h7-8,11-14,17-20,23-24H,9-10,15-16,21-22H2,1-6H3,(H2-2,35,36,37,38,41,42,43,44)/p+2. The van der Waals surface area contributed by atoms with Gasteiger partial charge in [-0.25, -0.2) is 0 Å². The second-order valence-corrected chi connectivity index (χ2v) is 13.0. The molecule has 3 aromatic rings. The van der Waals surface area contributed by atoms with Crippen LogP contribution in [0.3, 0.4) is 0 Å². The van der Waals surface area contributed by atoms with Gasteiger partial charge in [0.25, 0.3) is 11.8 Å². The van der Waals surface area contributed by atoms with Crippen molar-refractivity contribution in [2.24, 2.45) is 0 Å². The predicted octanol–water partition coefficient (Wildman–Crippen LogP) is 5.04. The monoisotopic (exact) mass is 602 g/mol. The first kappa shape index (κ1) is 34.0. The summed E-state index contributed by atoms with van der Waals surface area (Å²) in [4.78, 5) is 50.4. The van der Waals surface area contributed by atoms with Crippen molar-refractivity contribution < 1.29 is 28.1 Å². The number of benzene rings is 3. The molecule has 3 aromatic carbocycles. The Hall–Kier alpha value is -4.54. The number of anilines is 4. The van der Waals surface area contributed by atoms with Crippen LogP contribution < -0.4 is 21.3 Å². The summed E-state index contributed by atoms with van der Waals surface area (Å²) in [6.07, 6.45) is 2.40. The molecule has 0 radical (unpaired) electrons. The highest BCUT2D eigenvalue weighted by atomic mass is 16.2. The minimum absolute atomic E-state index is 0.0710. The lowest BCUT2D eigenvalue weighted by Crippen LogP contribution is -2.35. The average molecular weight is 603 g/mol. The number of nitrogens with zero attached hydrogens (tertiary/aromatic N) is 2.